The lowest BCUT2D eigenvalue weighted by Crippen LogP contribution is -2.62. The summed E-state index contributed by atoms with van der Waals surface area (Å²) in [6.07, 6.45) is 0.845. The molecule has 1 saturated heterocycles. The van der Waals surface area contributed by atoms with Crippen LogP contribution < -0.4 is 0 Å². The minimum absolute atomic E-state index is 0.0137. The van der Waals surface area contributed by atoms with Crippen LogP contribution in [0.1, 0.15) is 39.7 Å². The molecule has 29 heavy (non-hydrogen) atoms. The Morgan fingerprint density at radius 3 is 2.41 bits per heavy atom. The van der Waals surface area contributed by atoms with Gasteiger partial charge < -0.3 is 9.84 Å². The van der Waals surface area contributed by atoms with E-state index in [9.17, 15) is 19.5 Å². The predicted molar refractivity (Wildman–Crippen MR) is 110 cm³/mol. The average Bonchev–Trinajstić information content (AvgIpc) is 2.93. The number of amides is 2. The molecule has 2 aromatic rings. The number of carboxylic acids is 1. The number of quaternary nitrogens is 1. The Kier molecular flexibility index (Phi) is 5.32. The Labute approximate surface area is 170 Å². The number of aliphatic carboxylic acids is 1. The maximum absolute atomic E-state index is 13.3. The quantitative estimate of drug-likeness (QED) is 0.615. The largest absolute Gasteiger partial charge is 0.525 e. The molecule has 0 bridgehead atoms. The first-order valence-electron chi connectivity index (χ1n) is 9.67. The van der Waals surface area contributed by atoms with Gasteiger partial charge in [-0.1, -0.05) is 36.4 Å². The summed E-state index contributed by atoms with van der Waals surface area (Å²) < 4.78 is 4.59. The van der Waals surface area contributed by atoms with Crippen molar-refractivity contribution in [2.24, 2.45) is 0 Å². The van der Waals surface area contributed by atoms with Crippen molar-refractivity contribution in [3.8, 4) is 0 Å². The predicted octanol–water partition coefficient (Wildman–Crippen LogP) is 4.38. The summed E-state index contributed by atoms with van der Waals surface area (Å²) in [5.74, 6) is -1.70. The van der Waals surface area contributed by atoms with Crippen LogP contribution in [-0.2, 0) is 14.3 Å². The fourth-order valence-electron chi connectivity index (χ4n) is 3.79. The van der Waals surface area contributed by atoms with Gasteiger partial charge in [-0.05, 0) is 56.2 Å². The van der Waals surface area contributed by atoms with E-state index < -0.39 is 34.1 Å². The first-order valence-corrected chi connectivity index (χ1v) is 9.67. The molecule has 2 atom stereocenters. The molecule has 6 nitrogen and oxygen atoms in total. The summed E-state index contributed by atoms with van der Waals surface area (Å²) in [7, 11) is 0. The molecule has 0 spiro atoms. The number of carbonyl (C=O) groups excluding carboxylic acids is 2. The van der Waals surface area contributed by atoms with E-state index in [1.54, 1.807) is 33.8 Å². The number of fused-ring (bicyclic) bond motifs is 1. The Balaban J connectivity index is 2.05. The summed E-state index contributed by atoms with van der Waals surface area (Å²) in [4.78, 5) is 38.2. The molecule has 0 aromatic heterocycles. The molecule has 6 heteroatoms. The molecular weight excluding hydrogens is 370 g/mol. The number of benzene rings is 2. The number of likely N-dealkylation sites (N-methyl/N-ethyl adjacent to an activating group) is 1. The van der Waals surface area contributed by atoms with Crippen LogP contribution in [0.25, 0.3) is 16.8 Å². The molecule has 1 N–H and O–H groups in total. The summed E-state index contributed by atoms with van der Waals surface area (Å²) in [6.45, 7) is 6.73. The van der Waals surface area contributed by atoms with Gasteiger partial charge in [-0.2, -0.15) is 4.79 Å². The van der Waals surface area contributed by atoms with Crippen molar-refractivity contribution in [1.82, 2.24) is 0 Å². The van der Waals surface area contributed by atoms with Crippen molar-refractivity contribution in [3.05, 3.63) is 53.6 Å². The van der Waals surface area contributed by atoms with Gasteiger partial charge in [-0.15, -0.1) is 4.48 Å². The monoisotopic (exact) mass is 396 g/mol. The van der Waals surface area contributed by atoms with Crippen LogP contribution in [0.4, 0.5) is 4.79 Å². The van der Waals surface area contributed by atoms with E-state index in [0.717, 1.165) is 16.3 Å². The third-order valence-electron chi connectivity index (χ3n) is 5.20. The maximum atomic E-state index is 13.3. The molecule has 1 unspecified atom stereocenters. The van der Waals surface area contributed by atoms with E-state index in [1.807, 2.05) is 42.5 Å². The van der Waals surface area contributed by atoms with Gasteiger partial charge in [0.1, 0.15) is 5.60 Å². The lowest BCUT2D eigenvalue weighted by Gasteiger charge is -2.32. The van der Waals surface area contributed by atoms with E-state index >= 15 is 0 Å². The summed E-state index contributed by atoms with van der Waals surface area (Å²) >= 11 is 0. The van der Waals surface area contributed by atoms with Crippen LogP contribution in [0, 0.1) is 0 Å². The fraction of sp³-hybridized carbons (Fsp3) is 0.348. The molecule has 0 saturated carbocycles. The minimum Gasteiger partial charge on any atom is -0.477 e. The topological polar surface area (TPSA) is 80.7 Å². The number of ether oxygens (including phenoxy) is 1. The Bertz CT molecular complexity index is 1020. The number of imide groups is 1. The second kappa shape index (κ2) is 7.44. The van der Waals surface area contributed by atoms with Gasteiger partial charge in [-0.25, -0.2) is 9.59 Å². The Hall–Kier alpha value is -2.99. The van der Waals surface area contributed by atoms with Crippen molar-refractivity contribution in [2.75, 3.05) is 6.54 Å². The summed E-state index contributed by atoms with van der Waals surface area (Å²) in [5.41, 5.74) is 0.280. The number of hydrogen-bond donors (Lipinski definition) is 1. The van der Waals surface area contributed by atoms with Crippen molar-refractivity contribution in [3.63, 3.8) is 0 Å². The zero-order valence-electron chi connectivity index (χ0n) is 17.1. The van der Waals surface area contributed by atoms with Gasteiger partial charge in [0.2, 0.25) is 6.04 Å². The Morgan fingerprint density at radius 2 is 1.83 bits per heavy atom. The number of carboxylic acid groups (broad SMARTS) is 1. The van der Waals surface area contributed by atoms with E-state index in [2.05, 4.69) is 0 Å². The minimum atomic E-state index is -1.20. The van der Waals surface area contributed by atoms with Crippen LogP contribution in [0.2, 0.25) is 0 Å². The first kappa shape index (κ1) is 20.7. The van der Waals surface area contributed by atoms with Crippen molar-refractivity contribution in [2.45, 2.75) is 45.8 Å². The molecule has 0 radical (unpaired) electrons. The smallest absolute Gasteiger partial charge is 0.477 e. The molecule has 2 amide bonds. The number of likely N-dealkylation sites (tertiary alicyclic amines) is 1. The molecule has 1 aliphatic rings. The molecular formula is C23H26NO5+. The van der Waals surface area contributed by atoms with Crippen molar-refractivity contribution in [1.29, 1.82) is 0 Å². The normalized spacial score (nSPS) is 23.5. The SMILES string of the molecule is CC[N+]1(C(=O)OC(C)(C)C)C(=O)/C(=C/c2ccc3ccccc3c2)C[C@H]1C(=O)O. The highest BCUT2D eigenvalue weighted by atomic mass is 16.6. The molecule has 1 fully saturated rings. The zero-order chi connectivity index (χ0) is 21.4. The van der Waals surface area contributed by atoms with Gasteiger partial charge in [0.05, 0.1) is 12.1 Å². The van der Waals surface area contributed by atoms with E-state index in [4.69, 9.17) is 4.74 Å². The van der Waals surface area contributed by atoms with Gasteiger partial charge >= 0.3 is 18.0 Å². The summed E-state index contributed by atoms with van der Waals surface area (Å²) in [5, 5.41) is 11.9. The maximum Gasteiger partial charge on any atom is 0.525 e. The van der Waals surface area contributed by atoms with E-state index in [-0.39, 0.29) is 13.0 Å². The first-order chi connectivity index (χ1) is 13.6. The average molecular weight is 396 g/mol. The lowest BCUT2D eigenvalue weighted by molar-refractivity contribution is -0.789. The third kappa shape index (κ3) is 3.80. The highest BCUT2D eigenvalue weighted by Gasteiger charge is 2.62. The third-order valence-corrected chi connectivity index (χ3v) is 5.20. The highest BCUT2D eigenvalue weighted by Crippen LogP contribution is 2.36. The van der Waals surface area contributed by atoms with Crippen LogP contribution >= 0.6 is 0 Å². The van der Waals surface area contributed by atoms with Gasteiger partial charge in [-0.3, -0.25) is 0 Å². The van der Waals surface area contributed by atoms with Crippen LogP contribution in [-0.4, -0.2) is 45.7 Å². The fourth-order valence-corrected chi connectivity index (χ4v) is 3.79. The number of carbonyl (C=O) groups is 3. The molecule has 1 aliphatic heterocycles. The summed E-state index contributed by atoms with van der Waals surface area (Å²) in [6, 6.07) is 12.4. The van der Waals surface area contributed by atoms with Gasteiger partial charge in [0, 0.05) is 6.42 Å². The van der Waals surface area contributed by atoms with Gasteiger partial charge in [0.25, 0.3) is 0 Å². The molecule has 2 aromatic carbocycles. The van der Waals surface area contributed by atoms with E-state index in [1.165, 1.54) is 0 Å². The van der Waals surface area contributed by atoms with Crippen LogP contribution in [0.3, 0.4) is 0 Å². The highest BCUT2D eigenvalue weighted by molar-refractivity contribution is 6.03. The van der Waals surface area contributed by atoms with Crippen LogP contribution in [0.5, 0.6) is 0 Å². The second-order valence-corrected chi connectivity index (χ2v) is 8.30. The van der Waals surface area contributed by atoms with Crippen molar-refractivity contribution >= 4 is 34.8 Å². The number of hydrogen-bond acceptors (Lipinski definition) is 4. The molecule has 3 rings (SSSR count). The standard InChI is InChI=1S/C23H25NO5/c1-5-24(22(28)29-23(2,3)4)19(21(26)27)14-18(20(24)25)13-15-10-11-16-8-6-7-9-17(16)12-15/h6-13,19H,5,14H2,1-4H3/p+1/b18-13+/t19-,24?/m0/s1. The van der Waals surface area contributed by atoms with E-state index in [0.29, 0.717) is 5.57 Å². The lowest BCUT2D eigenvalue weighted by atomic mass is 10.0. The van der Waals surface area contributed by atoms with Crippen LogP contribution in [0.15, 0.2) is 48.0 Å². The molecule has 0 aliphatic carbocycles. The zero-order valence-corrected chi connectivity index (χ0v) is 17.1. The second-order valence-electron chi connectivity index (χ2n) is 8.30. The Morgan fingerprint density at radius 1 is 1.17 bits per heavy atom. The number of nitrogens with zero attached hydrogens (tertiary/aromatic N) is 1. The van der Waals surface area contributed by atoms with Gasteiger partial charge in [0.15, 0.2) is 0 Å². The van der Waals surface area contributed by atoms with Crippen molar-refractivity contribution < 1.29 is 28.7 Å². The molecule has 152 valence electrons. The number of rotatable bonds is 3. The molecule has 1 heterocycles.